The summed E-state index contributed by atoms with van der Waals surface area (Å²) < 4.78 is 0. The second kappa shape index (κ2) is 11.8. The minimum absolute atomic E-state index is 0.352. The highest BCUT2D eigenvalue weighted by molar-refractivity contribution is 8.18. The summed E-state index contributed by atoms with van der Waals surface area (Å²) in [6.07, 6.45) is 5.39. The zero-order valence-corrected chi connectivity index (χ0v) is 22.4. The van der Waals surface area contributed by atoms with Gasteiger partial charge in [0, 0.05) is 50.3 Å². The first-order valence-corrected chi connectivity index (χ1v) is 13.6. The van der Waals surface area contributed by atoms with Crippen molar-refractivity contribution in [1.82, 2.24) is 30.2 Å². The van der Waals surface area contributed by atoms with Crippen LogP contribution in [0.5, 0.6) is 0 Å². The van der Waals surface area contributed by atoms with E-state index in [0.717, 1.165) is 80.1 Å². The number of carbonyl (C=O) groups excluding carboxylic acids is 2. The number of piperidine rings is 1. The zero-order chi connectivity index (χ0) is 26.5. The monoisotopic (exact) mass is 529 g/mol. The number of carbonyl (C=O) groups is 2. The summed E-state index contributed by atoms with van der Waals surface area (Å²) in [5.74, 6) is 0.806. The Kier molecular flexibility index (Phi) is 8.09. The second-order valence-corrected chi connectivity index (χ2v) is 10.8. The molecule has 2 aliphatic heterocycles. The van der Waals surface area contributed by atoms with Gasteiger partial charge in [0.1, 0.15) is 0 Å². The van der Waals surface area contributed by atoms with Crippen molar-refractivity contribution in [1.29, 1.82) is 0 Å². The summed E-state index contributed by atoms with van der Waals surface area (Å²) in [4.78, 5) is 46.9. The van der Waals surface area contributed by atoms with Gasteiger partial charge in [-0.05, 0) is 80.8 Å². The summed E-state index contributed by atoms with van der Waals surface area (Å²) in [5, 5.41) is 1.91. The van der Waals surface area contributed by atoms with Crippen LogP contribution < -0.4 is 10.2 Å². The van der Waals surface area contributed by atoms with E-state index >= 15 is 0 Å². The van der Waals surface area contributed by atoms with Gasteiger partial charge in [-0.1, -0.05) is 12.1 Å². The van der Waals surface area contributed by atoms with E-state index in [1.807, 2.05) is 26.0 Å². The fraction of sp³-hybridized carbons (Fsp3) is 0.357. The molecule has 3 aromatic rings. The molecule has 0 aliphatic carbocycles. The quantitative estimate of drug-likeness (QED) is 0.431. The van der Waals surface area contributed by atoms with E-state index in [1.165, 1.54) is 0 Å². The molecule has 5 heterocycles. The number of aromatic nitrogens is 4. The Morgan fingerprint density at radius 1 is 0.974 bits per heavy atom. The number of rotatable bonds is 8. The van der Waals surface area contributed by atoms with Crippen LogP contribution in [0.25, 0.3) is 6.08 Å². The molecule has 0 saturated carbocycles. The number of thioether (sulfide) groups is 1. The number of nitrogens with one attached hydrogen (secondary N) is 1. The molecular weight excluding hydrogens is 498 g/mol. The van der Waals surface area contributed by atoms with Crippen molar-refractivity contribution >= 4 is 34.9 Å². The largest absolute Gasteiger partial charge is 0.341 e. The molecule has 0 unspecified atom stereocenters. The van der Waals surface area contributed by atoms with Crippen LogP contribution in [0.2, 0.25) is 0 Å². The van der Waals surface area contributed by atoms with Crippen LogP contribution in [0, 0.1) is 19.8 Å². The third-order valence-corrected chi connectivity index (χ3v) is 7.47. The van der Waals surface area contributed by atoms with Gasteiger partial charge < -0.3 is 4.90 Å². The molecule has 0 aromatic carbocycles. The topological polar surface area (TPSA) is 104 Å². The number of hydrogen-bond acceptors (Lipinski definition) is 9. The number of anilines is 1. The standard InChI is InChI=1S/C28H31N7O2S/c1-19-5-3-7-23(30-19)17-34(18-24-8-4-6-20(2)31-24)16-21-10-13-35(14-11-21)27-29-12-9-22(32-27)15-25-26(36)33-28(37)38-25/h3-9,12,15,21H,10-11,13-14,16-18H2,1-2H3,(H,33,36,37). The summed E-state index contributed by atoms with van der Waals surface area (Å²) in [5.41, 5.74) is 4.82. The van der Waals surface area contributed by atoms with Crippen molar-refractivity contribution in [2.24, 2.45) is 5.92 Å². The Balaban J connectivity index is 1.23. The maximum absolute atomic E-state index is 11.9. The van der Waals surface area contributed by atoms with Crippen molar-refractivity contribution in [3.05, 3.63) is 82.0 Å². The molecule has 0 radical (unpaired) electrons. The van der Waals surface area contributed by atoms with E-state index < -0.39 is 0 Å². The van der Waals surface area contributed by atoms with E-state index in [0.29, 0.717) is 22.5 Å². The number of nitrogens with zero attached hydrogens (tertiary/aromatic N) is 6. The van der Waals surface area contributed by atoms with Crippen molar-refractivity contribution in [3.63, 3.8) is 0 Å². The van der Waals surface area contributed by atoms with E-state index in [4.69, 9.17) is 9.97 Å². The van der Waals surface area contributed by atoms with Crippen molar-refractivity contribution in [2.45, 2.75) is 39.8 Å². The minimum atomic E-state index is -0.382. The molecule has 2 amide bonds. The highest BCUT2D eigenvalue weighted by Gasteiger charge is 2.26. The number of aryl methyl sites for hydroxylation is 2. The smallest absolute Gasteiger partial charge is 0.290 e. The Morgan fingerprint density at radius 3 is 2.21 bits per heavy atom. The van der Waals surface area contributed by atoms with Gasteiger partial charge >= 0.3 is 0 Å². The molecule has 3 aromatic heterocycles. The molecule has 2 aliphatic rings. The van der Waals surface area contributed by atoms with E-state index in [9.17, 15) is 9.59 Å². The molecule has 0 atom stereocenters. The molecular formula is C28H31N7O2S. The zero-order valence-electron chi connectivity index (χ0n) is 21.6. The molecule has 0 bridgehead atoms. The third kappa shape index (κ3) is 6.81. The van der Waals surface area contributed by atoms with Gasteiger partial charge in [-0.3, -0.25) is 29.8 Å². The first kappa shape index (κ1) is 26.0. The Labute approximate surface area is 226 Å². The predicted octanol–water partition coefficient (Wildman–Crippen LogP) is 4.13. The molecule has 9 nitrogen and oxygen atoms in total. The molecule has 2 fully saturated rings. The lowest BCUT2D eigenvalue weighted by molar-refractivity contribution is -0.115. The normalized spacial score (nSPS) is 17.4. The van der Waals surface area contributed by atoms with Gasteiger partial charge in [0.25, 0.3) is 11.1 Å². The summed E-state index contributed by atoms with van der Waals surface area (Å²) in [6.45, 7) is 8.30. The van der Waals surface area contributed by atoms with Crippen LogP contribution in [0.3, 0.4) is 0 Å². The molecule has 38 heavy (non-hydrogen) atoms. The van der Waals surface area contributed by atoms with Crippen LogP contribution in [-0.4, -0.2) is 55.6 Å². The van der Waals surface area contributed by atoms with Gasteiger partial charge in [-0.2, -0.15) is 0 Å². The van der Waals surface area contributed by atoms with Gasteiger partial charge in [-0.25, -0.2) is 9.97 Å². The highest BCUT2D eigenvalue weighted by Crippen LogP contribution is 2.26. The average Bonchev–Trinajstić information content (AvgIpc) is 3.20. The van der Waals surface area contributed by atoms with E-state index in [-0.39, 0.29) is 11.1 Å². The number of imide groups is 1. The molecule has 5 rings (SSSR count). The van der Waals surface area contributed by atoms with Crippen LogP contribution in [0.4, 0.5) is 10.7 Å². The molecule has 10 heteroatoms. The lowest BCUT2D eigenvalue weighted by Crippen LogP contribution is -2.39. The van der Waals surface area contributed by atoms with Gasteiger partial charge in [0.15, 0.2) is 0 Å². The average molecular weight is 530 g/mol. The van der Waals surface area contributed by atoms with E-state index in [2.05, 4.69) is 49.4 Å². The second-order valence-electron chi connectivity index (χ2n) is 9.77. The fourth-order valence-electron chi connectivity index (χ4n) is 4.85. The van der Waals surface area contributed by atoms with E-state index in [1.54, 1.807) is 18.3 Å². The Hall–Kier alpha value is -3.63. The van der Waals surface area contributed by atoms with Crippen LogP contribution >= 0.6 is 11.8 Å². The molecule has 1 N–H and O–H groups in total. The SMILES string of the molecule is Cc1cccc(CN(Cc2cccc(C)n2)CC2CCN(c3nccc(C=C4SC(=O)NC4=O)n3)CC2)n1. The third-order valence-electron chi connectivity index (χ3n) is 6.66. The summed E-state index contributed by atoms with van der Waals surface area (Å²) in [6, 6.07) is 14.1. The van der Waals surface area contributed by atoms with Gasteiger partial charge in [-0.15, -0.1) is 0 Å². The maximum atomic E-state index is 11.9. The van der Waals surface area contributed by atoms with Crippen LogP contribution in [-0.2, 0) is 17.9 Å². The first-order chi connectivity index (χ1) is 18.4. The first-order valence-electron chi connectivity index (χ1n) is 12.8. The maximum Gasteiger partial charge on any atom is 0.290 e. The lowest BCUT2D eigenvalue weighted by atomic mass is 9.96. The van der Waals surface area contributed by atoms with Gasteiger partial charge in [0.2, 0.25) is 5.95 Å². The Morgan fingerprint density at radius 2 is 1.63 bits per heavy atom. The minimum Gasteiger partial charge on any atom is -0.341 e. The Bertz CT molecular complexity index is 1310. The number of amides is 2. The van der Waals surface area contributed by atoms with Crippen LogP contribution in [0.1, 0.15) is 41.3 Å². The number of hydrogen-bond donors (Lipinski definition) is 1. The fourth-order valence-corrected chi connectivity index (χ4v) is 5.52. The molecule has 196 valence electrons. The molecule has 2 saturated heterocycles. The number of pyridine rings is 2. The predicted molar refractivity (Wildman–Crippen MR) is 148 cm³/mol. The van der Waals surface area contributed by atoms with Gasteiger partial charge in [0.05, 0.1) is 22.0 Å². The van der Waals surface area contributed by atoms with Crippen molar-refractivity contribution < 1.29 is 9.59 Å². The molecule has 0 spiro atoms. The summed E-state index contributed by atoms with van der Waals surface area (Å²) in [7, 11) is 0. The lowest BCUT2D eigenvalue weighted by Gasteiger charge is -2.35. The van der Waals surface area contributed by atoms with Crippen LogP contribution in [0.15, 0.2) is 53.6 Å². The van der Waals surface area contributed by atoms with Crippen molar-refractivity contribution in [3.8, 4) is 0 Å². The summed E-state index contributed by atoms with van der Waals surface area (Å²) >= 11 is 0.892. The highest BCUT2D eigenvalue weighted by atomic mass is 32.2. The van der Waals surface area contributed by atoms with Crippen molar-refractivity contribution in [2.75, 3.05) is 24.5 Å².